The minimum absolute atomic E-state index is 0.117. The number of methoxy groups -OCH3 is 1. The topological polar surface area (TPSA) is 50.8 Å². The van der Waals surface area contributed by atoms with Crippen molar-refractivity contribution in [1.29, 1.82) is 0 Å². The molecule has 5 nitrogen and oxygen atoms in total. The van der Waals surface area contributed by atoms with Crippen molar-refractivity contribution in [2.45, 2.75) is 0 Å². The first-order valence-corrected chi connectivity index (χ1v) is 8.29. The van der Waals surface area contributed by atoms with Gasteiger partial charge in [-0.15, -0.1) is 0 Å². The van der Waals surface area contributed by atoms with Gasteiger partial charge in [0.25, 0.3) is 0 Å². The third kappa shape index (κ3) is 4.69. The van der Waals surface area contributed by atoms with Crippen molar-refractivity contribution < 1.29 is 14.3 Å². The van der Waals surface area contributed by atoms with Gasteiger partial charge in [-0.1, -0.05) is 17.7 Å². The average molecular weight is 331 g/mol. The second kappa shape index (κ2) is 8.36. The number of thioether (sulfide) groups is 1. The van der Waals surface area contributed by atoms with Crippen molar-refractivity contribution in [2.24, 2.45) is 0 Å². The number of amides is 2. The molecular weight excluding hydrogens is 312 g/mol. The van der Waals surface area contributed by atoms with Crippen LogP contribution in [0.15, 0.2) is 18.2 Å². The van der Waals surface area contributed by atoms with Gasteiger partial charge in [0.15, 0.2) is 5.75 Å². The van der Waals surface area contributed by atoms with Crippen LogP contribution < -0.4 is 10.1 Å². The van der Waals surface area contributed by atoms with Crippen LogP contribution in [0.1, 0.15) is 0 Å². The normalized spacial score (nSPS) is 14.9. The summed E-state index contributed by atoms with van der Waals surface area (Å²) in [4.78, 5) is 14.0. The zero-order valence-electron chi connectivity index (χ0n) is 11.9. The van der Waals surface area contributed by atoms with Gasteiger partial charge in [0.2, 0.25) is 0 Å². The first-order valence-electron chi connectivity index (χ1n) is 6.76. The van der Waals surface area contributed by atoms with E-state index in [1.807, 2.05) is 11.8 Å². The number of carbonyl (C=O) groups excluding carboxylic acids is 1. The van der Waals surface area contributed by atoms with Crippen LogP contribution in [0, 0.1) is 0 Å². The number of carbonyl (C=O) groups is 1. The Balaban J connectivity index is 2.04. The molecule has 0 saturated carbocycles. The molecular formula is C14H19ClN2O3S. The van der Waals surface area contributed by atoms with Crippen LogP contribution in [-0.4, -0.2) is 55.8 Å². The maximum absolute atomic E-state index is 12.2. The molecule has 1 N–H and O–H groups in total. The molecule has 7 heteroatoms. The van der Waals surface area contributed by atoms with E-state index in [-0.39, 0.29) is 6.03 Å². The number of ether oxygens (including phenoxy) is 2. The first kappa shape index (κ1) is 16.3. The molecule has 0 bridgehead atoms. The minimum atomic E-state index is -0.117. The standard InChI is InChI=1S/C14H19ClN2O3S/c1-19-7-8-20-13-11(15)3-2-4-12(13)16-14(18)17-5-9-21-10-6-17/h2-4H,5-10H2,1H3,(H,16,18). The number of nitrogens with one attached hydrogen (secondary N) is 1. The molecule has 0 radical (unpaired) electrons. The summed E-state index contributed by atoms with van der Waals surface area (Å²) >= 11 is 8.00. The van der Waals surface area contributed by atoms with Crippen molar-refractivity contribution >= 4 is 35.1 Å². The summed E-state index contributed by atoms with van der Waals surface area (Å²) in [5.74, 6) is 2.43. The SMILES string of the molecule is COCCOc1c(Cl)cccc1NC(=O)N1CCSCC1. The third-order valence-corrected chi connectivity index (χ3v) is 4.28. The van der Waals surface area contributed by atoms with Crippen LogP contribution in [0.3, 0.4) is 0 Å². The van der Waals surface area contributed by atoms with E-state index >= 15 is 0 Å². The quantitative estimate of drug-likeness (QED) is 0.843. The molecule has 1 aromatic rings. The molecule has 1 saturated heterocycles. The number of hydrogen-bond acceptors (Lipinski definition) is 4. The van der Waals surface area contributed by atoms with Crippen molar-refractivity contribution in [2.75, 3.05) is 50.2 Å². The number of nitrogens with zero attached hydrogens (tertiary/aromatic N) is 1. The molecule has 21 heavy (non-hydrogen) atoms. The van der Waals surface area contributed by atoms with Crippen molar-refractivity contribution in [3.05, 3.63) is 23.2 Å². The van der Waals surface area contributed by atoms with Crippen LogP contribution in [-0.2, 0) is 4.74 Å². The van der Waals surface area contributed by atoms with Gasteiger partial charge in [0.1, 0.15) is 6.61 Å². The zero-order chi connectivity index (χ0) is 15.1. The van der Waals surface area contributed by atoms with E-state index in [4.69, 9.17) is 21.1 Å². The molecule has 2 amide bonds. The van der Waals surface area contributed by atoms with E-state index < -0.39 is 0 Å². The van der Waals surface area contributed by atoms with E-state index in [1.54, 1.807) is 30.2 Å². The van der Waals surface area contributed by atoms with Gasteiger partial charge >= 0.3 is 6.03 Å². The second-order valence-electron chi connectivity index (χ2n) is 4.49. The van der Waals surface area contributed by atoms with Crippen LogP contribution in [0.25, 0.3) is 0 Å². The van der Waals surface area contributed by atoms with Gasteiger partial charge in [-0.05, 0) is 12.1 Å². The Morgan fingerprint density at radius 3 is 2.86 bits per heavy atom. The maximum Gasteiger partial charge on any atom is 0.322 e. The number of anilines is 1. The molecule has 0 aliphatic carbocycles. The molecule has 1 heterocycles. The van der Waals surface area contributed by atoms with Gasteiger partial charge < -0.3 is 19.7 Å². The van der Waals surface area contributed by atoms with Gasteiger partial charge in [0, 0.05) is 31.7 Å². The summed E-state index contributed by atoms with van der Waals surface area (Å²) < 4.78 is 10.6. The van der Waals surface area contributed by atoms with Gasteiger partial charge in [-0.3, -0.25) is 0 Å². The van der Waals surface area contributed by atoms with Gasteiger partial charge in [0.05, 0.1) is 17.3 Å². The summed E-state index contributed by atoms with van der Waals surface area (Å²) in [6.45, 7) is 2.36. The molecule has 1 aliphatic heterocycles. The Kier molecular flexibility index (Phi) is 6.48. The largest absolute Gasteiger partial charge is 0.487 e. The van der Waals surface area contributed by atoms with E-state index in [1.165, 1.54) is 0 Å². The Hall–Kier alpha value is -1.11. The Labute approximate surface area is 133 Å². The summed E-state index contributed by atoms with van der Waals surface area (Å²) in [6.07, 6.45) is 0. The van der Waals surface area contributed by atoms with Crippen LogP contribution in [0.5, 0.6) is 5.75 Å². The Morgan fingerprint density at radius 1 is 1.38 bits per heavy atom. The van der Waals surface area contributed by atoms with E-state index in [2.05, 4.69) is 5.32 Å². The molecule has 116 valence electrons. The predicted molar refractivity (Wildman–Crippen MR) is 86.7 cm³/mol. The highest BCUT2D eigenvalue weighted by Gasteiger charge is 2.18. The Bertz CT molecular complexity index is 481. The van der Waals surface area contributed by atoms with Crippen LogP contribution >= 0.6 is 23.4 Å². The molecule has 0 spiro atoms. The molecule has 2 rings (SSSR count). The van der Waals surface area contributed by atoms with Crippen LogP contribution in [0.4, 0.5) is 10.5 Å². The van der Waals surface area contributed by atoms with Crippen molar-refractivity contribution in [3.63, 3.8) is 0 Å². The Morgan fingerprint density at radius 2 is 2.14 bits per heavy atom. The molecule has 0 atom stereocenters. The van der Waals surface area contributed by atoms with Crippen molar-refractivity contribution in [3.8, 4) is 5.75 Å². The lowest BCUT2D eigenvalue weighted by Gasteiger charge is -2.27. The summed E-state index contributed by atoms with van der Waals surface area (Å²) in [5.41, 5.74) is 0.585. The summed E-state index contributed by atoms with van der Waals surface area (Å²) in [6, 6.07) is 5.18. The maximum atomic E-state index is 12.2. The van der Waals surface area contributed by atoms with E-state index in [9.17, 15) is 4.79 Å². The number of halogens is 1. The third-order valence-electron chi connectivity index (χ3n) is 3.04. The lowest BCUT2D eigenvalue weighted by molar-refractivity contribution is 0.146. The van der Waals surface area contributed by atoms with E-state index in [0.717, 1.165) is 24.6 Å². The highest BCUT2D eigenvalue weighted by Crippen LogP contribution is 2.33. The number of rotatable bonds is 5. The lowest BCUT2D eigenvalue weighted by Crippen LogP contribution is -2.40. The van der Waals surface area contributed by atoms with Gasteiger partial charge in [-0.25, -0.2) is 4.79 Å². The number of para-hydroxylation sites is 1. The molecule has 1 aromatic carbocycles. The summed E-state index contributed by atoms with van der Waals surface area (Å²) in [7, 11) is 1.60. The molecule has 1 aliphatic rings. The molecule has 1 fully saturated rings. The number of hydrogen-bond donors (Lipinski definition) is 1. The predicted octanol–water partition coefficient (Wildman–Crippen LogP) is 2.95. The van der Waals surface area contributed by atoms with E-state index in [0.29, 0.717) is 29.7 Å². The average Bonchev–Trinajstić information content (AvgIpc) is 2.51. The lowest BCUT2D eigenvalue weighted by atomic mass is 10.3. The number of benzene rings is 1. The fraction of sp³-hybridized carbons (Fsp3) is 0.500. The molecule has 0 aromatic heterocycles. The highest BCUT2D eigenvalue weighted by atomic mass is 35.5. The molecule has 0 unspecified atom stereocenters. The van der Waals surface area contributed by atoms with Crippen molar-refractivity contribution in [1.82, 2.24) is 4.90 Å². The second-order valence-corrected chi connectivity index (χ2v) is 6.12. The fourth-order valence-electron chi connectivity index (χ4n) is 1.94. The highest BCUT2D eigenvalue weighted by molar-refractivity contribution is 7.99. The van der Waals surface area contributed by atoms with Gasteiger partial charge in [-0.2, -0.15) is 11.8 Å². The smallest absolute Gasteiger partial charge is 0.322 e. The minimum Gasteiger partial charge on any atom is -0.487 e. The number of urea groups is 1. The monoisotopic (exact) mass is 330 g/mol. The summed E-state index contributed by atoms with van der Waals surface area (Å²) in [5, 5.41) is 3.35. The fourth-order valence-corrected chi connectivity index (χ4v) is 3.07. The first-order chi connectivity index (χ1) is 10.2. The zero-order valence-corrected chi connectivity index (χ0v) is 13.5. The van der Waals surface area contributed by atoms with Crippen LogP contribution in [0.2, 0.25) is 5.02 Å².